The third-order valence-corrected chi connectivity index (χ3v) is 6.08. The average Bonchev–Trinajstić information content (AvgIpc) is 3.25. The first kappa shape index (κ1) is 20.4. The Balaban J connectivity index is 1.34. The minimum absolute atomic E-state index is 0.112. The predicted octanol–water partition coefficient (Wildman–Crippen LogP) is 2.73. The lowest BCUT2D eigenvalue weighted by Gasteiger charge is -2.34. The van der Waals surface area contributed by atoms with Crippen molar-refractivity contribution in [3.63, 3.8) is 0 Å². The maximum atomic E-state index is 12.8. The van der Waals surface area contributed by atoms with Crippen LogP contribution in [-0.2, 0) is 13.1 Å². The van der Waals surface area contributed by atoms with Gasteiger partial charge in [0.2, 0.25) is 0 Å². The van der Waals surface area contributed by atoms with Gasteiger partial charge in [0.25, 0.3) is 11.5 Å². The fraction of sp³-hybridized carbons (Fsp3) is 0.364. The molecule has 1 fully saturated rings. The van der Waals surface area contributed by atoms with Crippen LogP contribution in [0.25, 0.3) is 10.6 Å². The Hall–Kier alpha value is -2.84. The highest BCUT2D eigenvalue weighted by atomic mass is 32.1. The zero-order valence-electron chi connectivity index (χ0n) is 17.0. The Morgan fingerprint density at radius 1 is 1.07 bits per heavy atom. The number of rotatable bonds is 6. The quantitative estimate of drug-likeness (QED) is 0.610. The second-order valence-corrected chi connectivity index (χ2v) is 8.22. The normalized spacial score (nSPS) is 14.8. The molecule has 3 heterocycles. The van der Waals surface area contributed by atoms with Crippen molar-refractivity contribution in [2.45, 2.75) is 26.4 Å². The van der Waals surface area contributed by atoms with Gasteiger partial charge in [-0.2, -0.15) is 5.10 Å². The van der Waals surface area contributed by atoms with Crippen LogP contribution in [0.5, 0.6) is 0 Å². The third-order valence-electron chi connectivity index (χ3n) is 5.14. The molecular formula is C22H25N5O2S. The van der Waals surface area contributed by atoms with E-state index in [0.29, 0.717) is 25.3 Å². The second-order valence-electron chi connectivity index (χ2n) is 7.36. The van der Waals surface area contributed by atoms with Gasteiger partial charge in [-0.05, 0) is 12.5 Å². The highest BCUT2D eigenvalue weighted by Crippen LogP contribution is 2.24. The fourth-order valence-electron chi connectivity index (χ4n) is 3.53. The average molecular weight is 424 g/mol. The smallest absolute Gasteiger partial charge is 0.274 e. The molecule has 4 rings (SSSR count). The van der Waals surface area contributed by atoms with Gasteiger partial charge in [0.15, 0.2) is 0 Å². The van der Waals surface area contributed by atoms with E-state index in [0.717, 1.165) is 42.3 Å². The Morgan fingerprint density at radius 2 is 1.83 bits per heavy atom. The molecule has 1 aliphatic rings. The van der Waals surface area contributed by atoms with Gasteiger partial charge in [0.1, 0.15) is 10.7 Å². The molecule has 3 aromatic rings. The number of thiazole rings is 1. The molecule has 1 amide bonds. The van der Waals surface area contributed by atoms with Gasteiger partial charge in [-0.25, -0.2) is 9.67 Å². The number of aromatic nitrogens is 3. The van der Waals surface area contributed by atoms with Crippen molar-refractivity contribution >= 4 is 17.2 Å². The summed E-state index contributed by atoms with van der Waals surface area (Å²) in [5, 5.41) is 7.39. The Morgan fingerprint density at radius 3 is 2.57 bits per heavy atom. The minimum atomic E-state index is -0.170. The van der Waals surface area contributed by atoms with Crippen molar-refractivity contribution in [1.29, 1.82) is 0 Å². The molecule has 2 aromatic heterocycles. The molecule has 30 heavy (non-hydrogen) atoms. The zero-order chi connectivity index (χ0) is 20.9. The van der Waals surface area contributed by atoms with E-state index in [1.54, 1.807) is 11.3 Å². The minimum Gasteiger partial charge on any atom is -0.335 e. The maximum absolute atomic E-state index is 12.8. The van der Waals surface area contributed by atoms with E-state index < -0.39 is 0 Å². The zero-order valence-corrected chi connectivity index (χ0v) is 17.8. The number of hydrogen-bond acceptors (Lipinski definition) is 6. The van der Waals surface area contributed by atoms with E-state index >= 15 is 0 Å². The second kappa shape index (κ2) is 9.32. The number of carbonyl (C=O) groups excluding carboxylic acids is 1. The van der Waals surface area contributed by atoms with Gasteiger partial charge < -0.3 is 4.90 Å². The van der Waals surface area contributed by atoms with Gasteiger partial charge in [0.05, 0.1) is 5.69 Å². The van der Waals surface area contributed by atoms with Crippen LogP contribution in [-0.4, -0.2) is 56.7 Å². The number of nitrogens with zero attached hydrogens (tertiary/aromatic N) is 5. The van der Waals surface area contributed by atoms with E-state index in [9.17, 15) is 9.59 Å². The summed E-state index contributed by atoms with van der Waals surface area (Å²) in [7, 11) is 0. The first-order chi connectivity index (χ1) is 14.6. The molecule has 0 spiro atoms. The van der Waals surface area contributed by atoms with Crippen molar-refractivity contribution in [2.24, 2.45) is 0 Å². The first-order valence-electron chi connectivity index (χ1n) is 10.2. The molecule has 0 radical (unpaired) electrons. The summed E-state index contributed by atoms with van der Waals surface area (Å²) < 4.78 is 1.37. The van der Waals surface area contributed by atoms with Crippen LogP contribution in [0.15, 0.2) is 52.6 Å². The molecule has 1 aliphatic heterocycles. The summed E-state index contributed by atoms with van der Waals surface area (Å²) in [6.45, 7) is 6.15. The molecule has 8 heteroatoms. The molecular weight excluding hydrogens is 398 g/mol. The number of piperazine rings is 1. The molecule has 0 aliphatic carbocycles. The molecule has 156 valence electrons. The molecule has 1 aromatic carbocycles. The predicted molar refractivity (Wildman–Crippen MR) is 118 cm³/mol. The van der Waals surface area contributed by atoms with Gasteiger partial charge >= 0.3 is 0 Å². The van der Waals surface area contributed by atoms with E-state index in [1.165, 1.54) is 16.8 Å². The Labute approximate surface area is 179 Å². The van der Waals surface area contributed by atoms with E-state index in [2.05, 4.69) is 27.5 Å². The lowest BCUT2D eigenvalue weighted by molar-refractivity contribution is 0.0618. The van der Waals surface area contributed by atoms with E-state index in [-0.39, 0.29) is 11.5 Å². The largest absolute Gasteiger partial charge is 0.335 e. The highest BCUT2D eigenvalue weighted by Gasteiger charge is 2.24. The van der Waals surface area contributed by atoms with Crippen LogP contribution in [0.4, 0.5) is 0 Å². The highest BCUT2D eigenvalue weighted by molar-refractivity contribution is 7.13. The fourth-order valence-corrected chi connectivity index (χ4v) is 4.35. The molecule has 1 saturated heterocycles. The Kier molecular flexibility index (Phi) is 6.35. The summed E-state index contributed by atoms with van der Waals surface area (Å²) >= 11 is 1.66. The number of hydrogen-bond donors (Lipinski definition) is 0. The number of amides is 1. The molecule has 0 saturated carbocycles. The number of carbonyl (C=O) groups is 1. The molecule has 0 bridgehead atoms. The monoisotopic (exact) mass is 423 g/mol. The van der Waals surface area contributed by atoms with Crippen LogP contribution in [0.1, 0.15) is 29.5 Å². The van der Waals surface area contributed by atoms with Crippen molar-refractivity contribution < 1.29 is 4.79 Å². The van der Waals surface area contributed by atoms with Crippen LogP contribution in [0.3, 0.4) is 0 Å². The summed E-state index contributed by atoms with van der Waals surface area (Å²) in [4.78, 5) is 33.5. The molecule has 0 unspecified atom stereocenters. The number of aryl methyl sites for hydroxylation is 1. The maximum Gasteiger partial charge on any atom is 0.274 e. The first-order valence-corrected chi connectivity index (χ1v) is 11.1. The van der Waals surface area contributed by atoms with Crippen LogP contribution < -0.4 is 5.56 Å². The summed E-state index contributed by atoms with van der Waals surface area (Å²) in [5.41, 5.74) is 2.37. The van der Waals surface area contributed by atoms with Gasteiger partial charge in [-0.3, -0.25) is 14.5 Å². The van der Waals surface area contributed by atoms with Gasteiger partial charge in [0, 0.05) is 56.3 Å². The van der Waals surface area contributed by atoms with Crippen LogP contribution in [0.2, 0.25) is 0 Å². The molecule has 7 nitrogen and oxygen atoms in total. The van der Waals surface area contributed by atoms with E-state index in [4.69, 9.17) is 4.98 Å². The van der Waals surface area contributed by atoms with Crippen LogP contribution >= 0.6 is 11.3 Å². The SMILES string of the molecule is CCCn1nc(C(=O)N2CCN(Cc3csc(-c4ccccc4)n3)CC2)ccc1=O. The molecule has 0 atom stereocenters. The van der Waals surface area contributed by atoms with Crippen molar-refractivity contribution in [3.05, 3.63) is 69.6 Å². The Bertz CT molecular complexity index is 1050. The molecule has 0 N–H and O–H groups in total. The summed E-state index contributed by atoms with van der Waals surface area (Å²) in [6, 6.07) is 13.2. The summed E-state index contributed by atoms with van der Waals surface area (Å²) in [6.07, 6.45) is 0.797. The van der Waals surface area contributed by atoms with E-state index in [1.807, 2.05) is 30.0 Å². The van der Waals surface area contributed by atoms with Crippen LogP contribution in [0, 0.1) is 0 Å². The summed E-state index contributed by atoms with van der Waals surface area (Å²) in [5.74, 6) is -0.112. The standard InChI is InChI=1S/C22H25N5O2S/c1-2-10-27-20(28)9-8-19(24-27)22(29)26-13-11-25(12-14-26)15-18-16-30-21(23-18)17-6-4-3-5-7-17/h3-9,16H,2,10-15H2,1H3. The lowest BCUT2D eigenvalue weighted by atomic mass is 10.2. The van der Waals surface area contributed by atoms with Crippen molar-refractivity contribution in [2.75, 3.05) is 26.2 Å². The van der Waals surface area contributed by atoms with Gasteiger partial charge in [-0.15, -0.1) is 11.3 Å². The lowest BCUT2D eigenvalue weighted by Crippen LogP contribution is -2.48. The topological polar surface area (TPSA) is 71.3 Å². The van der Waals surface area contributed by atoms with Gasteiger partial charge in [-0.1, -0.05) is 37.3 Å². The van der Waals surface area contributed by atoms with Crippen molar-refractivity contribution in [3.8, 4) is 10.6 Å². The number of benzene rings is 1. The van der Waals surface area contributed by atoms with Crippen molar-refractivity contribution in [1.82, 2.24) is 24.6 Å². The third kappa shape index (κ3) is 4.66.